The van der Waals surface area contributed by atoms with Crippen LogP contribution in [0.3, 0.4) is 0 Å². The highest BCUT2D eigenvalue weighted by atomic mass is 32.1. The van der Waals surface area contributed by atoms with Crippen LogP contribution in [0.2, 0.25) is 0 Å². The predicted molar refractivity (Wildman–Crippen MR) is 54.1 cm³/mol. The number of rotatable bonds is 1. The molecule has 13 heavy (non-hydrogen) atoms. The Morgan fingerprint density at radius 1 is 1.31 bits per heavy atom. The molecule has 0 amide bonds. The van der Waals surface area contributed by atoms with Crippen molar-refractivity contribution < 1.29 is 10.2 Å². The Labute approximate surface area is 80.1 Å². The Kier molecular flexibility index (Phi) is 1.98. The average molecular weight is 194 g/mol. The van der Waals surface area contributed by atoms with Gasteiger partial charge in [-0.15, -0.1) is 11.3 Å². The van der Waals surface area contributed by atoms with Crippen molar-refractivity contribution in [2.75, 3.05) is 0 Å². The van der Waals surface area contributed by atoms with Crippen molar-refractivity contribution in [2.45, 2.75) is 13.5 Å². The molecule has 1 aromatic carbocycles. The fraction of sp³-hybridized carbons (Fsp3) is 0.200. The molecular weight excluding hydrogens is 184 g/mol. The Morgan fingerprint density at radius 3 is 2.77 bits per heavy atom. The molecule has 0 spiro atoms. The van der Waals surface area contributed by atoms with E-state index in [-0.39, 0.29) is 6.61 Å². The quantitative estimate of drug-likeness (QED) is 0.731. The third-order valence-corrected chi connectivity index (χ3v) is 3.11. The zero-order chi connectivity index (χ0) is 9.42. The van der Waals surface area contributed by atoms with Gasteiger partial charge in [0.05, 0.1) is 11.3 Å². The zero-order valence-electron chi connectivity index (χ0n) is 7.24. The molecule has 1 heterocycles. The molecule has 0 saturated carbocycles. The van der Waals surface area contributed by atoms with E-state index in [2.05, 4.69) is 0 Å². The molecule has 68 valence electrons. The van der Waals surface area contributed by atoms with Crippen LogP contribution in [0.1, 0.15) is 10.4 Å². The first kappa shape index (κ1) is 8.53. The van der Waals surface area contributed by atoms with Crippen molar-refractivity contribution >= 4 is 21.4 Å². The third kappa shape index (κ3) is 1.41. The average Bonchev–Trinajstić information content (AvgIpc) is 2.47. The van der Waals surface area contributed by atoms with E-state index in [4.69, 9.17) is 5.11 Å². The predicted octanol–water partition coefficient (Wildman–Crippen LogP) is 2.41. The minimum atomic E-state index is 0.0395. The van der Waals surface area contributed by atoms with Crippen LogP contribution in [0.25, 0.3) is 10.1 Å². The highest BCUT2D eigenvalue weighted by Crippen LogP contribution is 2.33. The monoisotopic (exact) mass is 194 g/mol. The first-order chi connectivity index (χ1) is 6.20. The van der Waals surface area contributed by atoms with E-state index in [1.807, 2.05) is 19.1 Å². The normalized spacial score (nSPS) is 10.9. The number of aliphatic hydroxyl groups is 1. The second-order valence-electron chi connectivity index (χ2n) is 3.07. The largest absolute Gasteiger partial charge is 0.506 e. The van der Waals surface area contributed by atoms with Crippen molar-refractivity contribution in [1.29, 1.82) is 0 Å². The van der Waals surface area contributed by atoms with E-state index >= 15 is 0 Å². The molecule has 0 aliphatic heterocycles. The lowest BCUT2D eigenvalue weighted by atomic mass is 10.2. The van der Waals surface area contributed by atoms with Gasteiger partial charge in [0.25, 0.3) is 0 Å². The summed E-state index contributed by atoms with van der Waals surface area (Å²) < 4.78 is 0.856. The maximum Gasteiger partial charge on any atom is 0.133 e. The fourth-order valence-corrected chi connectivity index (χ4v) is 2.32. The lowest BCUT2D eigenvalue weighted by Gasteiger charge is -1.95. The number of benzene rings is 1. The van der Waals surface area contributed by atoms with Gasteiger partial charge in [0, 0.05) is 4.88 Å². The maximum absolute atomic E-state index is 9.59. The van der Waals surface area contributed by atoms with Gasteiger partial charge in [-0.05, 0) is 30.0 Å². The molecule has 0 fully saturated rings. The van der Waals surface area contributed by atoms with Gasteiger partial charge in [0.2, 0.25) is 0 Å². The number of phenols is 1. The summed E-state index contributed by atoms with van der Waals surface area (Å²) in [5.74, 6) is 0.305. The minimum absolute atomic E-state index is 0.0395. The molecule has 0 unspecified atom stereocenters. The molecule has 0 atom stereocenters. The van der Waals surface area contributed by atoms with E-state index in [0.29, 0.717) is 5.75 Å². The van der Waals surface area contributed by atoms with Crippen LogP contribution in [0.5, 0.6) is 5.75 Å². The summed E-state index contributed by atoms with van der Waals surface area (Å²) in [6.45, 7) is 1.98. The van der Waals surface area contributed by atoms with Crippen LogP contribution in [0, 0.1) is 6.92 Å². The van der Waals surface area contributed by atoms with Crippen LogP contribution in [-0.2, 0) is 6.61 Å². The molecule has 2 N–H and O–H groups in total. The second kappa shape index (κ2) is 3.01. The third-order valence-electron chi connectivity index (χ3n) is 1.95. The van der Waals surface area contributed by atoms with Gasteiger partial charge >= 0.3 is 0 Å². The summed E-state index contributed by atoms with van der Waals surface area (Å²) >= 11 is 1.43. The van der Waals surface area contributed by atoms with Gasteiger partial charge in [-0.2, -0.15) is 0 Å². The highest BCUT2D eigenvalue weighted by Gasteiger charge is 2.05. The molecule has 0 saturated heterocycles. The summed E-state index contributed by atoms with van der Waals surface area (Å²) in [5, 5.41) is 19.5. The Bertz CT molecular complexity index is 445. The van der Waals surface area contributed by atoms with E-state index in [1.165, 1.54) is 11.3 Å². The van der Waals surface area contributed by atoms with Crippen LogP contribution in [0.15, 0.2) is 18.2 Å². The van der Waals surface area contributed by atoms with Gasteiger partial charge in [-0.3, -0.25) is 0 Å². The minimum Gasteiger partial charge on any atom is -0.506 e. The first-order valence-electron chi connectivity index (χ1n) is 4.03. The maximum atomic E-state index is 9.59. The SMILES string of the molecule is Cc1cc(O)c2sc(CO)cc2c1. The Morgan fingerprint density at radius 2 is 2.08 bits per heavy atom. The molecular formula is C10H10O2S. The van der Waals surface area contributed by atoms with Crippen molar-refractivity contribution in [3.05, 3.63) is 28.6 Å². The van der Waals surface area contributed by atoms with E-state index in [0.717, 1.165) is 20.5 Å². The van der Waals surface area contributed by atoms with Gasteiger partial charge < -0.3 is 10.2 Å². The Hall–Kier alpha value is -1.06. The van der Waals surface area contributed by atoms with Crippen molar-refractivity contribution in [3.8, 4) is 5.75 Å². The number of fused-ring (bicyclic) bond motifs is 1. The summed E-state index contributed by atoms with van der Waals surface area (Å²) in [6, 6.07) is 5.65. The molecule has 0 radical (unpaired) electrons. The fourth-order valence-electron chi connectivity index (χ4n) is 1.41. The van der Waals surface area contributed by atoms with E-state index < -0.39 is 0 Å². The Balaban J connectivity index is 2.75. The molecule has 2 nitrogen and oxygen atoms in total. The first-order valence-corrected chi connectivity index (χ1v) is 4.85. The molecule has 0 aliphatic carbocycles. The van der Waals surface area contributed by atoms with Gasteiger partial charge in [0.15, 0.2) is 0 Å². The number of hydrogen-bond acceptors (Lipinski definition) is 3. The smallest absolute Gasteiger partial charge is 0.133 e. The number of hydrogen-bond donors (Lipinski definition) is 2. The molecule has 0 aliphatic rings. The number of aromatic hydroxyl groups is 1. The van der Waals surface area contributed by atoms with Crippen LogP contribution >= 0.6 is 11.3 Å². The van der Waals surface area contributed by atoms with Crippen LogP contribution < -0.4 is 0 Å². The number of aliphatic hydroxyl groups excluding tert-OH is 1. The highest BCUT2D eigenvalue weighted by molar-refractivity contribution is 7.19. The summed E-state index contributed by atoms with van der Waals surface area (Å²) in [4.78, 5) is 0.885. The number of phenolic OH excluding ortho intramolecular Hbond substituents is 1. The standard InChI is InChI=1S/C10H10O2S/c1-6-2-7-4-8(5-11)13-10(7)9(12)3-6/h2-4,11-12H,5H2,1H3. The van der Waals surface area contributed by atoms with Crippen molar-refractivity contribution in [1.82, 2.24) is 0 Å². The van der Waals surface area contributed by atoms with Crippen LogP contribution in [-0.4, -0.2) is 10.2 Å². The lowest BCUT2D eigenvalue weighted by molar-refractivity contribution is 0.285. The molecule has 2 rings (SSSR count). The number of thiophene rings is 1. The van der Waals surface area contributed by atoms with E-state index in [9.17, 15) is 5.11 Å². The second-order valence-corrected chi connectivity index (χ2v) is 4.21. The molecule has 0 bridgehead atoms. The van der Waals surface area contributed by atoms with Crippen molar-refractivity contribution in [2.24, 2.45) is 0 Å². The lowest BCUT2D eigenvalue weighted by Crippen LogP contribution is -1.71. The topological polar surface area (TPSA) is 40.5 Å². The van der Waals surface area contributed by atoms with Crippen LogP contribution in [0.4, 0.5) is 0 Å². The summed E-state index contributed by atoms with van der Waals surface area (Å²) in [6.07, 6.45) is 0. The number of aryl methyl sites for hydroxylation is 1. The van der Waals surface area contributed by atoms with Gasteiger partial charge in [-0.1, -0.05) is 6.07 Å². The summed E-state index contributed by atoms with van der Waals surface area (Å²) in [5.41, 5.74) is 1.03. The molecule has 3 heteroatoms. The summed E-state index contributed by atoms with van der Waals surface area (Å²) in [7, 11) is 0. The van der Waals surface area contributed by atoms with E-state index in [1.54, 1.807) is 6.07 Å². The molecule has 1 aromatic heterocycles. The van der Waals surface area contributed by atoms with Gasteiger partial charge in [0.1, 0.15) is 5.75 Å². The zero-order valence-corrected chi connectivity index (χ0v) is 8.06. The molecule has 2 aromatic rings. The van der Waals surface area contributed by atoms with Crippen molar-refractivity contribution in [3.63, 3.8) is 0 Å². The van der Waals surface area contributed by atoms with Gasteiger partial charge in [-0.25, -0.2) is 0 Å².